The Morgan fingerprint density at radius 2 is 1.85 bits per heavy atom. The fraction of sp³-hybridized carbons (Fsp3) is 0.500. The van der Waals surface area contributed by atoms with Gasteiger partial charge in [0.1, 0.15) is 0 Å². The van der Waals surface area contributed by atoms with Crippen molar-refractivity contribution in [2.24, 2.45) is 5.92 Å². The number of ketones is 1. The summed E-state index contributed by atoms with van der Waals surface area (Å²) in [5, 5.41) is 7.26. The van der Waals surface area contributed by atoms with Crippen LogP contribution < -0.4 is 10.6 Å². The molecule has 3 nitrogen and oxygen atoms in total. The first-order valence-electron chi connectivity index (χ1n) is 7.25. The molecule has 2 unspecified atom stereocenters. The highest BCUT2D eigenvalue weighted by Gasteiger charge is 2.21. The van der Waals surface area contributed by atoms with Gasteiger partial charge in [-0.3, -0.25) is 4.79 Å². The lowest BCUT2D eigenvalue weighted by Crippen LogP contribution is -2.43. The van der Waals surface area contributed by atoms with Gasteiger partial charge in [0.25, 0.3) is 0 Å². The largest absolute Gasteiger partial charge is 0.359 e. The second kappa shape index (κ2) is 6.84. The van der Waals surface area contributed by atoms with Crippen LogP contribution in [-0.2, 0) is 0 Å². The van der Waals surface area contributed by atoms with E-state index in [1.165, 1.54) is 25.7 Å². The van der Waals surface area contributed by atoms with Gasteiger partial charge in [-0.15, -0.1) is 0 Å². The number of nitrogens with one attached hydrogen (secondary N) is 2. The van der Waals surface area contributed by atoms with Crippen molar-refractivity contribution in [3.63, 3.8) is 0 Å². The van der Waals surface area contributed by atoms with Gasteiger partial charge in [0, 0.05) is 17.3 Å². The Balaban J connectivity index is 1.89. The van der Waals surface area contributed by atoms with E-state index in [-0.39, 0.29) is 5.78 Å². The maximum atomic E-state index is 11.2. The van der Waals surface area contributed by atoms with Crippen LogP contribution in [0, 0.1) is 5.92 Å². The Kier molecular flexibility index (Phi) is 5.12. The fourth-order valence-electron chi connectivity index (χ4n) is 2.65. The molecule has 0 heterocycles. The van der Waals surface area contributed by atoms with Crippen LogP contribution >= 0.6 is 12.2 Å². The molecule has 1 aromatic carbocycles. The fourth-order valence-corrected chi connectivity index (χ4v) is 2.92. The summed E-state index contributed by atoms with van der Waals surface area (Å²) >= 11 is 5.37. The van der Waals surface area contributed by atoms with Crippen LogP contribution in [0.4, 0.5) is 5.69 Å². The van der Waals surface area contributed by atoms with Crippen molar-refractivity contribution >= 4 is 28.8 Å². The van der Waals surface area contributed by atoms with Gasteiger partial charge in [-0.1, -0.05) is 19.8 Å². The highest BCUT2D eigenvalue weighted by atomic mass is 32.1. The molecule has 0 radical (unpaired) electrons. The summed E-state index contributed by atoms with van der Waals surface area (Å²) in [6.07, 6.45) is 5.06. The molecule has 2 rings (SSSR count). The third-order valence-electron chi connectivity index (χ3n) is 3.98. The summed E-state index contributed by atoms with van der Waals surface area (Å²) in [7, 11) is 0. The maximum absolute atomic E-state index is 11.2. The van der Waals surface area contributed by atoms with E-state index >= 15 is 0 Å². The summed E-state index contributed by atoms with van der Waals surface area (Å²) < 4.78 is 0. The molecule has 0 saturated heterocycles. The molecule has 2 N–H and O–H groups in total. The first-order valence-corrected chi connectivity index (χ1v) is 7.65. The summed E-state index contributed by atoms with van der Waals surface area (Å²) in [5.41, 5.74) is 1.63. The van der Waals surface area contributed by atoms with Crippen molar-refractivity contribution in [1.82, 2.24) is 5.32 Å². The van der Waals surface area contributed by atoms with E-state index in [1.807, 2.05) is 24.3 Å². The molecule has 108 valence electrons. The molecule has 20 heavy (non-hydrogen) atoms. The number of hydrogen-bond acceptors (Lipinski definition) is 2. The number of anilines is 1. The van der Waals surface area contributed by atoms with E-state index in [2.05, 4.69) is 17.6 Å². The zero-order valence-electron chi connectivity index (χ0n) is 12.1. The lowest BCUT2D eigenvalue weighted by atomic mass is 9.86. The Labute approximate surface area is 126 Å². The highest BCUT2D eigenvalue weighted by Crippen LogP contribution is 2.23. The van der Waals surface area contributed by atoms with Gasteiger partial charge in [0.15, 0.2) is 10.9 Å². The number of hydrogen-bond donors (Lipinski definition) is 2. The SMILES string of the molecule is CC(=O)c1ccc(NC(=S)NC2CCCCC2C)cc1. The van der Waals surface area contributed by atoms with Crippen LogP contribution in [0.5, 0.6) is 0 Å². The van der Waals surface area contributed by atoms with Crippen molar-refractivity contribution in [2.75, 3.05) is 5.32 Å². The third kappa shape index (κ3) is 4.04. The summed E-state index contributed by atoms with van der Waals surface area (Å²) in [6.45, 7) is 3.85. The summed E-state index contributed by atoms with van der Waals surface area (Å²) in [4.78, 5) is 11.2. The molecule has 1 aliphatic rings. The van der Waals surface area contributed by atoms with Crippen LogP contribution in [-0.4, -0.2) is 16.9 Å². The molecule has 1 fully saturated rings. The molecule has 0 bridgehead atoms. The number of thiocarbonyl (C=S) groups is 1. The van der Waals surface area contributed by atoms with Crippen LogP contribution in [0.2, 0.25) is 0 Å². The molecule has 0 aromatic heterocycles. The molecule has 4 heteroatoms. The van der Waals surface area contributed by atoms with Gasteiger partial charge >= 0.3 is 0 Å². The number of carbonyl (C=O) groups excluding carboxylic acids is 1. The van der Waals surface area contributed by atoms with Crippen molar-refractivity contribution in [3.8, 4) is 0 Å². The smallest absolute Gasteiger partial charge is 0.171 e. The van der Waals surface area contributed by atoms with Gasteiger partial charge < -0.3 is 10.6 Å². The Hall–Kier alpha value is -1.42. The summed E-state index contributed by atoms with van der Waals surface area (Å²) in [6, 6.07) is 7.87. The molecule has 1 aliphatic carbocycles. The van der Waals surface area contributed by atoms with Crippen molar-refractivity contribution in [1.29, 1.82) is 0 Å². The van der Waals surface area contributed by atoms with Gasteiger partial charge in [-0.05, 0) is 62.2 Å². The third-order valence-corrected chi connectivity index (χ3v) is 4.20. The topological polar surface area (TPSA) is 41.1 Å². The predicted octanol–water partition coefficient (Wildman–Crippen LogP) is 3.75. The number of benzene rings is 1. The molecule has 0 amide bonds. The minimum atomic E-state index is 0.0771. The first kappa shape index (κ1) is 15.0. The molecular weight excluding hydrogens is 268 g/mol. The van der Waals surface area contributed by atoms with E-state index in [0.29, 0.717) is 17.1 Å². The van der Waals surface area contributed by atoms with E-state index in [9.17, 15) is 4.79 Å². The maximum Gasteiger partial charge on any atom is 0.171 e. The standard InChI is InChI=1S/C16H22N2OS/c1-11-5-3-4-6-15(11)18-16(20)17-14-9-7-13(8-10-14)12(2)19/h7-11,15H,3-6H2,1-2H3,(H2,17,18,20). The molecule has 1 aromatic rings. The van der Waals surface area contributed by atoms with Crippen LogP contribution in [0.3, 0.4) is 0 Å². The monoisotopic (exact) mass is 290 g/mol. The van der Waals surface area contributed by atoms with Crippen LogP contribution in [0.15, 0.2) is 24.3 Å². The zero-order chi connectivity index (χ0) is 14.5. The average molecular weight is 290 g/mol. The van der Waals surface area contributed by atoms with E-state index < -0.39 is 0 Å². The molecule has 2 atom stereocenters. The number of Topliss-reactive ketones (excluding diaryl/α,β-unsaturated/α-hetero) is 1. The number of carbonyl (C=O) groups is 1. The Morgan fingerprint density at radius 1 is 1.20 bits per heavy atom. The Morgan fingerprint density at radius 3 is 2.45 bits per heavy atom. The molecule has 0 aliphatic heterocycles. The van der Waals surface area contributed by atoms with E-state index in [4.69, 9.17) is 12.2 Å². The van der Waals surface area contributed by atoms with Crippen LogP contribution in [0.25, 0.3) is 0 Å². The lowest BCUT2D eigenvalue weighted by Gasteiger charge is -2.30. The second-order valence-corrected chi connectivity index (χ2v) is 6.01. The van der Waals surface area contributed by atoms with Crippen molar-refractivity contribution in [2.45, 2.75) is 45.6 Å². The van der Waals surface area contributed by atoms with E-state index in [0.717, 1.165) is 11.3 Å². The molecule has 0 spiro atoms. The zero-order valence-corrected chi connectivity index (χ0v) is 12.9. The van der Waals surface area contributed by atoms with Gasteiger partial charge in [-0.25, -0.2) is 0 Å². The van der Waals surface area contributed by atoms with Gasteiger partial charge in [0.2, 0.25) is 0 Å². The lowest BCUT2D eigenvalue weighted by molar-refractivity contribution is 0.101. The average Bonchev–Trinajstić information content (AvgIpc) is 2.42. The Bertz CT molecular complexity index is 484. The molecular formula is C16H22N2OS. The van der Waals surface area contributed by atoms with Gasteiger partial charge in [-0.2, -0.15) is 0 Å². The minimum Gasteiger partial charge on any atom is -0.359 e. The quantitative estimate of drug-likeness (QED) is 0.657. The van der Waals surface area contributed by atoms with Crippen molar-refractivity contribution < 1.29 is 4.79 Å². The summed E-state index contributed by atoms with van der Waals surface area (Å²) in [5.74, 6) is 0.747. The highest BCUT2D eigenvalue weighted by molar-refractivity contribution is 7.80. The second-order valence-electron chi connectivity index (χ2n) is 5.60. The molecule has 1 saturated carbocycles. The first-order chi connectivity index (χ1) is 9.56. The van der Waals surface area contributed by atoms with E-state index in [1.54, 1.807) is 6.92 Å². The predicted molar refractivity (Wildman–Crippen MR) is 87.2 cm³/mol. The van der Waals surface area contributed by atoms with Crippen LogP contribution in [0.1, 0.15) is 49.9 Å². The van der Waals surface area contributed by atoms with Gasteiger partial charge in [0.05, 0.1) is 0 Å². The minimum absolute atomic E-state index is 0.0771. The van der Waals surface area contributed by atoms with Crippen molar-refractivity contribution in [3.05, 3.63) is 29.8 Å². The normalized spacial score (nSPS) is 22.1. The number of rotatable bonds is 3.